The maximum absolute atomic E-state index is 11.9. The fourth-order valence-electron chi connectivity index (χ4n) is 1.64. The summed E-state index contributed by atoms with van der Waals surface area (Å²) in [6.45, 7) is 7.99. The van der Waals surface area contributed by atoms with Gasteiger partial charge in [-0.3, -0.25) is 0 Å². The normalized spacial score (nSPS) is 13.3. The van der Waals surface area contributed by atoms with Crippen molar-refractivity contribution >= 4 is 17.2 Å². The van der Waals surface area contributed by atoms with E-state index in [2.05, 4.69) is 4.40 Å². The molecule has 15 heavy (non-hydrogen) atoms. The van der Waals surface area contributed by atoms with Crippen LogP contribution < -0.4 is 0 Å². The third kappa shape index (κ3) is 2.99. The van der Waals surface area contributed by atoms with Gasteiger partial charge in [0, 0.05) is 6.21 Å². The average molecular weight is 223 g/mol. The lowest BCUT2D eigenvalue weighted by Gasteiger charge is -2.07. The van der Waals surface area contributed by atoms with E-state index in [0.717, 1.165) is 22.4 Å². The van der Waals surface area contributed by atoms with Crippen LogP contribution in [0.3, 0.4) is 0 Å². The second-order valence-electron chi connectivity index (χ2n) is 3.67. The lowest BCUT2D eigenvalue weighted by molar-refractivity contribution is 0.683. The van der Waals surface area contributed by atoms with E-state index in [1.807, 2.05) is 39.8 Å². The van der Waals surface area contributed by atoms with Crippen molar-refractivity contribution in [3.63, 3.8) is 0 Å². The van der Waals surface area contributed by atoms with Crippen LogP contribution in [-0.2, 0) is 11.0 Å². The van der Waals surface area contributed by atoms with Crippen molar-refractivity contribution in [1.29, 1.82) is 0 Å². The number of hydrogen-bond donors (Lipinski definition) is 0. The molecule has 0 N–H and O–H groups in total. The van der Waals surface area contributed by atoms with Gasteiger partial charge in [0.05, 0.1) is 4.90 Å². The van der Waals surface area contributed by atoms with E-state index in [9.17, 15) is 4.21 Å². The molecule has 0 aliphatic rings. The molecular formula is C12H17NOS. The van der Waals surface area contributed by atoms with Gasteiger partial charge in [0.1, 0.15) is 0 Å². The van der Waals surface area contributed by atoms with Crippen LogP contribution in [0, 0.1) is 20.8 Å². The first-order chi connectivity index (χ1) is 7.06. The predicted octanol–water partition coefficient (Wildman–Crippen LogP) is 3.12. The molecule has 1 unspecified atom stereocenters. The van der Waals surface area contributed by atoms with Crippen molar-refractivity contribution in [1.82, 2.24) is 0 Å². The molecular weight excluding hydrogens is 206 g/mol. The number of hydrogen-bond acceptors (Lipinski definition) is 1. The minimum Gasteiger partial charge on any atom is -0.229 e. The molecule has 1 rings (SSSR count). The molecule has 1 aromatic rings. The summed E-state index contributed by atoms with van der Waals surface area (Å²) in [6, 6.07) is 4.09. The molecule has 3 heteroatoms. The third-order valence-corrected chi connectivity index (χ3v) is 3.47. The van der Waals surface area contributed by atoms with Crippen molar-refractivity contribution in [2.24, 2.45) is 4.40 Å². The van der Waals surface area contributed by atoms with Gasteiger partial charge >= 0.3 is 0 Å². The third-order valence-electron chi connectivity index (χ3n) is 2.13. The monoisotopic (exact) mass is 223 g/mol. The summed E-state index contributed by atoms with van der Waals surface area (Å²) in [5.41, 5.74) is 3.31. The Kier molecular flexibility index (Phi) is 4.21. The van der Waals surface area contributed by atoms with E-state index in [1.165, 1.54) is 5.56 Å². The maximum atomic E-state index is 11.9. The van der Waals surface area contributed by atoms with Gasteiger partial charge in [0.25, 0.3) is 0 Å². The van der Waals surface area contributed by atoms with Gasteiger partial charge in [-0.15, -0.1) is 0 Å². The zero-order chi connectivity index (χ0) is 11.4. The van der Waals surface area contributed by atoms with Crippen molar-refractivity contribution in [3.05, 3.63) is 28.8 Å². The number of benzene rings is 1. The highest BCUT2D eigenvalue weighted by molar-refractivity contribution is 7.84. The van der Waals surface area contributed by atoms with Crippen LogP contribution in [0.2, 0.25) is 0 Å². The van der Waals surface area contributed by atoms with Crippen molar-refractivity contribution in [2.45, 2.75) is 39.0 Å². The lowest BCUT2D eigenvalue weighted by atomic mass is 10.1. The van der Waals surface area contributed by atoms with Gasteiger partial charge in [-0.05, 0) is 38.3 Å². The predicted molar refractivity (Wildman–Crippen MR) is 65.8 cm³/mol. The van der Waals surface area contributed by atoms with Crippen molar-refractivity contribution in [2.75, 3.05) is 0 Å². The van der Waals surface area contributed by atoms with E-state index < -0.39 is 11.0 Å². The molecule has 0 bridgehead atoms. The Labute approximate surface area is 94.0 Å². The molecule has 1 atom stereocenters. The summed E-state index contributed by atoms with van der Waals surface area (Å²) in [6.07, 6.45) is 2.52. The van der Waals surface area contributed by atoms with Crippen molar-refractivity contribution in [3.8, 4) is 0 Å². The minimum absolute atomic E-state index is 0.815. The quantitative estimate of drug-likeness (QED) is 0.724. The summed E-state index contributed by atoms with van der Waals surface area (Å²) in [5, 5.41) is 0. The molecule has 1 aromatic carbocycles. The smallest absolute Gasteiger partial charge is 0.172 e. The van der Waals surface area contributed by atoms with Crippen LogP contribution >= 0.6 is 0 Å². The first-order valence-electron chi connectivity index (χ1n) is 5.08. The zero-order valence-corrected chi connectivity index (χ0v) is 10.5. The number of aryl methyl sites for hydroxylation is 3. The molecule has 0 aliphatic carbocycles. The second-order valence-corrected chi connectivity index (χ2v) is 4.79. The average Bonchev–Trinajstić information content (AvgIpc) is 2.12. The molecule has 0 aliphatic heterocycles. The fourth-order valence-corrected chi connectivity index (χ4v) is 2.70. The molecule has 0 saturated carbocycles. The van der Waals surface area contributed by atoms with E-state index >= 15 is 0 Å². The van der Waals surface area contributed by atoms with Gasteiger partial charge < -0.3 is 0 Å². The maximum Gasteiger partial charge on any atom is 0.172 e. The van der Waals surface area contributed by atoms with E-state index in [-0.39, 0.29) is 0 Å². The number of rotatable bonds is 3. The highest BCUT2D eigenvalue weighted by atomic mass is 32.2. The highest BCUT2D eigenvalue weighted by Gasteiger charge is 2.09. The summed E-state index contributed by atoms with van der Waals surface area (Å²) in [5.74, 6) is 0. The summed E-state index contributed by atoms with van der Waals surface area (Å²) >= 11 is 0. The Balaban J connectivity index is 3.14. The number of nitrogens with zero attached hydrogens (tertiary/aromatic N) is 1. The Hall–Kier alpha value is -0.960. The van der Waals surface area contributed by atoms with Crippen LogP contribution in [0.5, 0.6) is 0 Å². The Morgan fingerprint density at radius 3 is 2.27 bits per heavy atom. The van der Waals surface area contributed by atoms with Crippen LogP contribution in [0.4, 0.5) is 0 Å². The molecule has 82 valence electrons. The topological polar surface area (TPSA) is 29.4 Å². The summed E-state index contributed by atoms with van der Waals surface area (Å²) in [4.78, 5) is 0.852. The highest BCUT2D eigenvalue weighted by Crippen LogP contribution is 2.20. The summed E-state index contributed by atoms with van der Waals surface area (Å²) in [7, 11) is -1.25. The Bertz CT molecular complexity index is 387. The van der Waals surface area contributed by atoms with Crippen LogP contribution in [-0.4, -0.2) is 10.4 Å². The van der Waals surface area contributed by atoms with Gasteiger partial charge in [-0.25, -0.2) is 4.21 Å². The van der Waals surface area contributed by atoms with Crippen LogP contribution in [0.25, 0.3) is 0 Å². The lowest BCUT2D eigenvalue weighted by Crippen LogP contribution is -1.96. The van der Waals surface area contributed by atoms with Gasteiger partial charge in [-0.1, -0.05) is 24.6 Å². The van der Waals surface area contributed by atoms with Gasteiger partial charge in [0.15, 0.2) is 11.0 Å². The largest absolute Gasteiger partial charge is 0.229 e. The SMILES string of the molecule is CC/C=N/S(=O)c1c(C)cc(C)cc1C. The Morgan fingerprint density at radius 1 is 1.27 bits per heavy atom. The van der Waals surface area contributed by atoms with E-state index in [1.54, 1.807) is 6.21 Å². The van der Waals surface area contributed by atoms with E-state index in [0.29, 0.717) is 0 Å². The van der Waals surface area contributed by atoms with Crippen LogP contribution in [0.1, 0.15) is 30.0 Å². The van der Waals surface area contributed by atoms with Crippen molar-refractivity contribution < 1.29 is 4.21 Å². The van der Waals surface area contributed by atoms with Crippen LogP contribution in [0.15, 0.2) is 21.4 Å². The first-order valence-corrected chi connectivity index (χ1v) is 6.19. The fraction of sp³-hybridized carbons (Fsp3) is 0.417. The molecule has 0 radical (unpaired) electrons. The van der Waals surface area contributed by atoms with Gasteiger partial charge in [0.2, 0.25) is 0 Å². The van der Waals surface area contributed by atoms with Gasteiger partial charge in [-0.2, -0.15) is 4.40 Å². The standard InChI is InChI=1S/C12H17NOS/c1-5-6-13-15(14)12-10(3)7-9(2)8-11(12)4/h6-8H,5H2,1-4H3/b13-6+. The summed E-state index contributed by atoms with van der Waals surface area (Å²) < 4.78 is 15.9. The molecule has 0 spiro atoms. The first kappa shape index (κ1) is 12.1. The molecule has 0 saturated heterocycles. The Morgan fingerprint density at radius 2 is 1.80 bits per heavy atom. The molecule has 2 nitrogen and oxygen atoms in total. The zero-order valence-electron chi connectivity index (χ0n) is 9.70. The van der Waals surface area contributed by atoms with E-state index in [4.69, 9.17) is 0 Å². The molecule has 0 amide bonds. The minimum atomic E-state index is -1.25. The molecule has 0 heterocycles. The molecule has 0 fully saturated rings. The molecule has 0 aromatic heterocycles. The second kappa shape index (κ2) is 5.21.